The summed E-state index contributed by atoms with van der Waals surface area (Å²) >= 11 is 1.45. The molecule has 0 spiro atoms. The molecule has 0 radical (unpaired) electrons. The maximum Gasteiger partial charge on any atom is 0.257 e. The summed E-state index contributed by atoms with van der Waals surface area (Å²) in [6.07, 6.45) is 0. The Morgan fingerprint density at radius 1 is 0.969 bits per heavy atom. The second kappa shape index (κ2) is 9.15. The lowest BCUT2D eigenvalue weighted by Crippen LogP contribution is -2.26. The molecule has 0 aromatic heterocycles. The van der Waals surface area contributed by atoms with Crippen LogP contribution in [-0.2, 0) is 4.79 Å². The van der Waals surface area contributed by atoms with Crippen molar-refractivity contribution in [2.45, 2.75) is 17.1 Å². The van der Waals surface area contributed by atoms with Gasteiger partial charge in [-0.15, -0.1) is 11.8 Å². The summed E-state index contributed by atoms with van der Waals surface area (Å²) in [5.41, 5.74) is 2.26. The Morgan fingerprint density at radius 3 is 2.59 bits per heavy atom. The maximum absolute atomic E-state index is 12.9. The summed E-state index contributed by atoms with van der Waals surface area (Å²) in [4.78, 5) is 38.6. The van der Waals surface area contributed by atoms with Crippen molar-refractivity contribution in [3.05, 3.63) is 77.9 Å². The predicted octanol–water partition coefficient (Wildman–Crippen LogP) is 4.63. The van der Waals surface area contributed by atoms with Crippen LogP contribution in [0.4, 0.5) is 17.1 Å². The predicted molar refractivity (Wildman–Crippen MR) is 126 cm³/mol. The van der Waals surface area contributed by atoms with Crippen LogP contribution in [0.1, 0.15) is 27.6 Å². The molecule has 0 aliphatic carbocycles. The molecule has 1 heterocycles. The van der Waals surface area contributed by atoms with Gasteiger partial charge in [0.05, 0.1) is 29.3 Å². The van der Waals surface area contributed by atoms with E-state index in [0.29, 0.717) is 33.9 Å². The van der Waals surface area contributed by atoms with E-state index in [4.69, 9.17) is 4.74 Å². The summed E-state index contributed by atoms with van der Waals surface area (Å²) in [6.45, 7) is 1.83. The van der Waals surface area contributed by atoms with Crippen molar-refractivity contribution >= 4 is 46.5 Å². The lowest BCUT2D eigenvalue weighted by atomic mass is 10.1. The number of rotatable bonds is 5. The number of carbonyl (C=O) groups excluding carboxylic acids is 3. The van der Waals surface area contributed by atoms with E-state index in [1.807, 2.05) is 13.0 Å². The fraction of sp³-hybridized carbons (Fsp3) is 0.125. The number of carbonyl (C=O) groups is 3. The zero-order chi connectivity index (χ0) is 22.7. The number of nitrogens with one attached hydrogen (secondary N) is 3. The molecule has 1 aliphatic rings. The highest BCUT2D eigenvalue weighted by Gasteiger charge is 2.24. The zero-order valence-corrected chi connectivity index (χ0v) is 18.3. The van der Waals surface area contributed by atoms with Crippen molar-refractivity contribution < 1.29 is 19.1 Å². The van der Waals surface area contributed by atoms with Crippen LogP contribution in [0.3, 0.4) is 0 Å². The number of para-hydroxylation sites is 1. The molecule has 1 atom stereocenters. The minimum atomic E-state index is -0.382. The van der Waals surface area contributed by atoms with Gasteiger partial charge in [-0.05, 0) is 49.4 Å². The van der Waals surface area contributed by atoms with Crippen molar-refractivity contribution in [1.82, 2.24) is 0 Å². The molecule has 4 rings (SSSR count). The first kappa shape index (κ1) is 21.5. The first-order valence-electron chi connectivity index (χ1n) is 9.92. The molecular weight excluding hydrogens is 426 g/mol. The minimum absolute atomic E-state index is 0.0976. The zero-order valence-electron chi connectivity index (χ0n) is 17.5. The molecule has 7 nitrogen and oxygen atoms in total. The number of anilines is 3. The number of amides is 3. The average molecular weight is 448 g/mol. The third kappa shape index (κ3) is 4.60. The van der Waals surface area contributed by atoms with E-state index in [-0.39, 0.29) is 23.0 Å². The molecule has 32 heavy (non-hydrogen) atoms. The van der Waals surface area contributed by atoms with Crippen LogP contribution in [0.2, 0.25) is 0 Å². The Bertz CT molecular complexity index is 1210. The summed E-state index contributed by atoms with van der Waals surface area (Å²) in [7, 11) is 1.55. The van der Waals surface area contributed by atoms with Gasteiger partial charge in [0, 0.05) is 22.2 Å². The van der Waals surface area contributed by atoms with E-state index in [1.54, 1.807) is 67.8 Å². The minimum Gasteiger partial charge on any atom is -0.497 e. The number of thioether (sulfide) groups is 1. The number of hydrogen-bond donors (Lipinski definition) is 3. The normalized spacial score (nSPS) is 14.7. The van der Waals surface area contributed by atoms with Crippen molar-refractivity contribution in [3.8, 4) is 5.75 Å². The fourth-order valence-corrected chi connectivity index (χ4v) is 4.16. The second-order valence-electron chi connectivity index (χ2n) is 7.15. The van der Waals surface area contributed by atoms with Crippen LogP contribution >= 0.6 is 11.8 Å². The van der Waals surface area contributed by atoms with Gasteiger partial charge in [-0.25, -0.2) is 0 Å². The summed E-state index contributed by atoms with van der Waals surface area (Å²) in [5, 5.41) is 8.25. The van der Waals surface area contributed by atoms with Gasteiger partial charge < -0.3 is 20.7 Å². The Morgan fingerprint density at radius 2 is 1.78 bits per heavy atom. The molecule has 3 N–H and O–H groups in total. The Hall–Kier alpha value is -3.78. The third-order valence-electron chi connectivity index (χ3n) is 4.92. The lowest BCUT2D eigenvalue weighted by molar-refractivity contribution is -0.115. The van der Waals surface area contributed by atoms with Crippen molar-refractivity contribution in [1.29, 1.82) is 0 Å². The molecular formula is C24H21N3O4S. The molecule has 0 saturated heterocycles. The Balaban J connectivity index is 1.53. The molecule has 162 valence electrons. The first-order chi connectivity index (χ1) is 15.4. The number of ether oxygens (including phenoxy) is 1. The summed E-state index contributed by atoms with van der Waals surface area (Å²) in [6, 6.07) is 18.9. The van der Waals surface area contributed by atoms with Gasteiger partial charge in [0.15, 0.2) is 0 Å². The molecule has 8 heteroatoms. The molecule has 0 saturated carbocycles. The van der Waals surface area contributed by atoms with Crippen LogP contribution < -0.4 is 20.7 Å². The highest BCUT2D eigenvalue weighted by atomic mass is 32.2. The molecule has 3 aromatic carbocycles. The van der Waals surface area contributed by atoms with E-state index >= 15 is 0 Å². The average Bonchev–Trinajstić information content (AvgIpc) is 2.80. The number of benzene rings is 3. The second-order valence-corrected chi connectivity index (χ2v) is 8.53. The van der Waals surface area contributed by atoms with E-state index in [0.717, 1.165) is 4.90 Å². The van der Waals surface area contributed by atoms with Crippen LogP contribution in [-0.4, -0.2) is 30.1 Å². The van der Waals surface area contributed by atoms with Gasteiger partial charge in [-0.3, -0.25) is 14.4 Å². The Labute approximate surface area is 189 Å². The van der Waals surface area contributed by atoms with Crippen LogP contribution in [0.5, 0.6) is 5.75 Å². The first-order valence-corrected chi connectivity index (χ1v) is 10.8. The van der Waals surface area contributed by atoms with Crippen molar-refractivity contribution in [2.24, 2.45) is 0 Å². The smallest absolute Gasteiger partial charge is 0.257 e. The van der Waals surface area contributed by atoms with E-state index in [1.165, 1.54) is 11.8 Å². The summed E-state index contributed by atoms with van der Waals surface area (Å²) < 4.78 is 5.18. The Kier molecular flexibility index (Phi) is 6.13. The van der Waals surface area contributed by atoms with Gasteiger partial charge in [-0.2, -0.15) is 0 Å². The van der Waals surface area contributed by atoms with Gasteiger partial charge in [0.1, 0.15) is 5.75 Å². The molecule has 1 aliphatic heterocycles. The van der Waals surface area contributed by atoms with Crippen LogP contribution in [0.25, 0.3) is 0 Å². The standard InChI is InChI=1S/C24H21N3O4S/c1-14-22(28)27-20-12-15(10-11-21(20)32-14)23(29)26-19-9-4-3-8-18(19)24(30)25-16-6-5-7-17(13-16)31-2/h3-14H,1-2H3,(H,25,30)(H,26,29)(H,27,28)/t14-/m0/s1. The number of fused-ring (bicyclic) bond motifs is 1. The van der Waals surface area contributed by atoms with Gasteiger partial charge in [-0.1, -0.05) is 18.2 Å². The number of methoxy groups -OCH3 is 1. The van der Waals surface area contributed by atoms with E-state index in [9.17, 15) is 14.4 Å². The van der Waals surface area contributed by atoms with Crippen molar-refractivity contribution in [3.63, 3.8) is 0 Å². The highest BCUT2D eigenvalue weighted by Crippen LogP contribution is 2.36. The molecule has 0 fully saturated rings. The van der Waals surface area contributed by atoms with Gasteiger partial charge >= 0.3 is 0 Å². The lowest BCUT2D eigenvalue weighted by Gasteiger charge is -2.21. The molecule has 3 amide bonds. The third-order valence-corrected chi connectivity index (χ3v) is 6.10. The van der Waals surface area contributed by atoms with Gasteiger partial charge in [0.25, 0.3) is 11.8 Å². The highest BCUT2D eigenvalue weighted by molar-refractivity contribution is 8.00. The summed E-state index contributed by atoms with van der Waals surface area (Å²) in [5.74, 6) is -0.222. The van der Waals surface area contributed by atoms with Gasteiger partial charge in [0.2, 0.25) is 5.91 Å². The molecule has 0 bridgehead atoms. The SMILES string of the molecule is COc1cccc(NC(=O)c2ccccc2NC(=O)c2ccc3c(c2)NC(=O)[C@H](C)S3)c1. The van der Waals surface area contributed by atoms with E-state index in [2.05, 4.69) is 16.0 Å². The largest absolute Gasteiger partial charge is 0.497 e. The fourth-order valence-electron chi connectivity index (χ4n) is 3.23. The monoisotopic (exact) mass is 447 g/mol. The van der Waals surface area contributed by atoms with E-state index < -0.39 is 0 Å². The topological polar surface area (TPSA) is 96.5 Å². The number of hydrogen-bond acceptors (Lipinski definition) is 5. The van der Waals surface area contributed by atoms with Crippen LogP contribution in [0.15, 0.2) is 71.6 Å². The van der Waals surface area contributed by atoms with Crippen LogP contribution in [0, 0.1) is 0 Å². The quantitative estimate of drug-likeness (QED) is 0.530. The van der Waals surface area contributed by atoms with Crippen molar-refractivity contribution in [2.75, 3.05) is 23.1 Å². The molecule has 0 unspecified atom stereocenters. The maximum atomic E-state index is 12.9. The molecule has 3 aromatic rings.